The predicted octanol–water partition coefficient (Wildman–Crippen LogP) is 1.40. The second-order valence-electron chi connectivity index (χ2n) is 4.05. The molecule has 96 valence electrons. The highest BCUT2D eigenvalue weighted by molar-refractivity contribution is 6.08. The first kappa shape index (κ1) is 12.4. The lowest BCUT2D eigenvalue weighted by atomic mass is 10.1. The molecule has 1 aromatic carbocycles. The maximum Gasteiger partial charge on any atom is 0.234 e. The molecule has 0 aliphatic carbocycles. The van der Waals surface area contributed by atoms with Crippen LogP contribution in [0.2, 0.25) is 0 Å². The number of piperidine rings is 1. The van der Waals surface area contributed by atoms with Crippen molar-refractivity contribution in [2.75, 3.05) is 25.7 Å². The summed E-state index contributed by atoms with van der Waals surface area (Å²) in [6.07, 6.45) is 0.383. The summed E-state index contributed by atoms with van der Waals surface area (Å²) >= 11 is 0. The van der Waals surface area contributed by atoms with E-state index in [4.69, 9.17) is 9.47 Å². The van der Waals surface area contributed by atoms with Crippen LogP contribution in [0.1, 0.15) is 12.8 Å². The van der Waals surface area contributed by atoms with Crippen LogP contribution in [-0.4, -0.2) is 32.5 Å². The van der Waals surface area contributed by atoms with Crippen molar-refractivity contribution in [1.29, 1.82) is 0 Å². The maximum atomic E-state index is 11.8. The molecule has 1 heterocycles. The molecule has 1 aliphatic rings. The lowest BCUT2D eigenvalue weighted by molar-refractivity contribution is -0.128. The third-order valence-electron chi connectivity index (χ3n) is 2.94. The Morgan fingerprint density at radius 2 is 1.83 bits per heavy atom. The van der Waals surface area contributed by atoms with Gasteiger partial charge in [-0.25, -0.2) is 0 Å². The first-order chi connectivity index (χ1) is 8.65. The number of anilines is 1. The number of rotatable bonds is 3. The van der Waals surface area contributed by atoms with Crippen molar-refractivity contribution in [3.8, 4) is 11.5 Å². The molecule has 0 radical (unpaired) electrons. The van der Waals surface area contributed by atoms with Gasteiger partial charge in [-0.3, -0.25) is 9.59 Å². The number of Topliss-reactive ketones (excluding diaryl/α,β-unsaturated/α-hetero) is 1. The van der Waals surface area contributed by atoms with Gasteiger partial charge in [0.05, 0.1) is 20.6 Å². The Morgan fingerprint density at radius 1 is 1.11 bits per heavy atom. The quantitative estimate of drug-likeness (QED) is 0.760. The van der Waals surface area contributed by atoms with Crippen molar-refractivity contribution in [1.82, 2.24) is 0 Å². The number of carbonyl (C=O) groups is 2. The number of benzene rings is 1. The van der Waals surface area contributed by atoms with Crippen LogP contribution < -0.4 is 14.4 Å². The first-order valence-corrected chi connectivity index (χ1v) is 5.70. The van der Waals surface area contributed by atoms with Crippen LogP contribution in [0.5, 0.6) is 11.5 Å². The molecule has 5 nitrogen and oxygen atoms in total. The minimum atomic E-state index is -0.168. The Kier molecular flexibility index (Phi) is 3.50. The molecule has 1 saturated heterocycles. The first-order valence-electron chi connectivity index (χ1n) is 5.70. The van der Waals surface area contributed by atoms with Gasteiger partial charge in [0.15, 0.2) is 11.5 Å². The third-order valence-corrected chi connectivity index (χ3v) is 2.94. The van der Waals surface area contributed by atoms with Gasteiger partial charge >= 0.3 is 0 Å². The van der Waals surface area contributed by atoms with E-state index in [1.807, 2.05) is 0 Å². The zero-order valence-corrected chi connectivity index (χ0v) is 10.4. The molecule has 5 heteroatoms. The molecule has 0 saturated carbocycles. The van der Waals surface area contributed by atoms with E-state index in [-0.39, 0.29) is 18.1 Å². The summed E-state index contributed by atoms with van der Waals surface area (Å²) in [6.45, 7) is 0.424. The van der Waals surface area contributed by atoms with Crippen LogP contribution >= 0.6 is 0 Å². The molecular formula is C13H15NO4. The van der Waals surface area contributed by atoms with E-state index in [1.165, 1.54) is 0 Å². The van der Waals surface area contributed by atoms with Crippen molar-refractivity contribution >= 4 is 17.4 Å². The van der Waals surface area contributed by atoms with Crippen LogP contribution in [0.25, 0.3) is 0 Å². The van der Waals surface area contributed by atoms with E-state index >= 15 is 0 Å². The predicted molar refractivity (Wildman–Crippen MR) is 66.1 cm³/mol. The van der Waals surface area contributed by atoms with Gasteiger partial charge in [-0.05, 0) is 12.1 Å². The number of carbonyl (C=O) groups excluding carboxylic acids is 2. The molecule has 18 heavy (non-hydrogen) atoms. The van der Waals surface area contributed by atoms with Crippen molar-refractivity contribution in [3.05, 3.63) is 18.2 Å². The average Bonchev–Trinajstić information content (AvgIpc) is 2.38. The van der Waals surface area contributed by atoms with Gasteiger partial charge in [-0.2, -0.15) is 0 Å². The van der Waals surface area contributed by atoms with E-state index in [2.05, 4.69) is 0 Å². The van der Waals surface area contributed by atoms with Crippen LogP contribution in [-0.2, 0) is 9.59 Å². The van der Waals surface area contributed by atoms with Gasteiger partial charge < -0.3 is 14.4 Å². The Hall–Kier alpha value is -2.04. The van der Waals surface area contributed by atoms with Crippen molar-refractivity contribution < 1.29 is 19.1 Å². The Bertz CT molecular complexity index is 484. The highest BCUT2D eigenvalue weighted by Gasteiger charge is 2.25. The van der Waals surface area contributed by atoms with E-state index in [0.29, 0.717) is 24.5 Å². The summed E-state index contributed by atoms with van der Waals surface area (Å²) in [5.41, 5.74) is 0.727. The van der Waals surface area contributed by atoms with Crippen LogP contribution in [0.4, 0.5) is 5.69 Å². The number of amides is 1. The molecule has 0 spiro atoms. The Labute approximate surface area is 105 Å². The minimum absolute atomic E-state index is 0.00303. The van der Waals surface area contributed by atoms with Crippen molar-refractivity contribution in [2.24, 2.45) is 0 Å². The van der Waals surface area contributed by atoms with Gasteiger partial charge in [0, 0.05) is 24.7 Å². The van der Waals surface area contributed by atoms with Crippen LogP contribution in [0.3, 0.4) is 0 Å². The standard InChI is InChI=1S/C13H15NO4/c1-17-11-4-3-9(7-12(11)18-2)14-6-5-10(15)8-13(14)16/h3-4,7H,5-6,8H2,1-2H3. The largest absolute Gasteiger partial charge is 0.493 e. The highest BCUT2D eigenvalue weighted by Crippen LogP contribution is 2.32. The number of ketones is 1. The van der Waals surface area contributed by atoms with Gasteiger partial charge in [-0.1, -0.05) is 0 Å². The van der Waals surface area contributed by atoms with Gasteiger partial charge in [-0.15, -0.1) is 0 Å². The molecule has 1 aromatic rings. The van der Waals surface area contributed by atoms with Gasteiger partial charge in [0.1, 0.15) is 5.78 Å². The fourth-order valence-electron chi connectivity index (χ4n) is 1.98. The molecular weight excluding hydrogens is 234 g/mol. The molecule has 2 rings (SSSR count). The second-order valence-corrected chi connectivity index (χ2v) is 4.05. The summed E-state index contributed by atoms with van der Waals surface area (Å²) in [5.74, 6) is 1.01. The zero-order chi connectivity index (χ0) is 13.1. The minimum Gasteiger partial charge on any atom is -0.493 e. The van der Waals surface area contributed by atoms with E-state index in [9.17, 15) is 9.59 Å². The zero-order valence-electron chi connectivity index (χ0n) is 10.4. The molecule has 0 atom stereocenters. The molecule has 1 aliphatic heterocycles. The van der Waals surface area contributed by atoms with Crippen LogP contribution in [0, 0.1) is 0 Å². The van der Waals surface area contributed by atoms with E-state index in [1.54, 1.807) is 37.3 Å². The molecule has 0 aromatic heterocycles. The topological polar surface area (TPSA) is 55.8 Å². The van der Waals surface area contributed by atoms with E-state index < -0.39 is 0 Å². The lowest BCUT2D eigenvalue weighted by Gasteiger charge is -2.26. The van der Waals surface area contributed by atoms with Gasteiger partial charge in [0.2, 0.25) is 5.91 Å². The fourth-order valence-corrected chi connectivity index (χ4v) is 1.98. The van der Waals surface area contributed by atoms with E-state index in [0.717, 1.165) is 5.69 Å². The number of methoxy groups -OCH3 is 2. The Balaban J connectivity index is 2.28. The number of hydrogen-bond donors (Lipinski definition) is 0. The van der Waals surface area contributed by atoms with Crippen molar-refractivity contribution in [3.63, 3.8) is 0 Å². The highest BCUT2D eigenvalue weighted by atomic mass is 16.5. The maximum absolute atomic E-state index is 11.8. The third kappa shape index (κ3) is 2.30. The molecule has 1 fully saturated rings. The second kappa shape index (κ2) is 5.08. The summed E-state index contributed by atoms with van der Waals surface area (Å²) in [5, 5.41) is 0. The number of hydrogen-bond acceptors (Lipinski definition) is 4. The van der Waals surface area contributed by atoms with Crippen molar-refractivity contribution in [2.45, 2.75) is 12.8 Å². The summed E-state index contributed by atoms with van der Waals surface area (Å²) in [6, 6.07) is 5.28. The number of ether oxygens (including phenoxy) is 2. The fraction of sp³-hybridized carbons (Fsp3) is 0.385. The average molecular weight is 249 g/mol. The summed E-state index contributed by atoms with van der Waals surface area (Å²) < 4.78 is 10.3. The number of nitrogens with zero attached hydrogens (tertiary/aromatic N) is 1. The van der Waals surface area contributed by atoms with Gasteiger partial charge in [0.25, 0.3) is 0 Å². The smallest absolute Gasteiger partial charge is 0.234 e. The monoisotopic (exact) mass is 249 g/mol. The summed E-state index contributed by atoms with van der Waals surface area (Å²) in [4.78, 5) is 24.6. The molecule has 0 unspecified atom stereocenters. The Morgan fingerprint density at radius 3 is 2.44 bits per heavy atom. The lowest BCUT2D eigenvalue weighted by Crippen LogP contribution is -2.39. The molecule has 1 amide bonds. The molecule has 0 bridgehead atoms. The SMILES string of the molecule is COc1ccc(N2CCC(=O)CC2=O)cc1OC. The molecule has 0 N–H and O–H groups in total. The normalized spacial score (nSPS) is 15.8. The summed E-state index contributed by atoms with van der Waals surface area (Å²) in [7, 11) is 3.10. The van der Waals surface area contributed by atoms with Crippen LogP contribution in [0.15, 0.2) is 18.2 Å².